The van der Waals surface area contributed by atoms with Gasteiger partial charge in [0.15, 0.2) is 0 Å². The number of carbonyl (C=O) groups is 2. The molecule has 3 aromatic rings. The van der Waals surface area contributed by atoms with Crippen LogP contribution in [0.4, 0.5) is 0 Å². The third-order valence-corrected chi connectivity index (χ3v) is 3.41. The first kappa shape index (κ1) is 14.7. The zero-order chi connectivity index (χ0) is 16.1. The van der Waals surface area contributed by atoms with Crippen molar-refractivity contribution in [2.75, 3.05) is 0 Å². The molecule has 0 N–H and O–H groups in total. The molecular weight excluding hydrogens is 288 g/mol. The number of allylic oxidation sites excluding steroid dienone is 2. The third-order valence-electron chi connectivity index (χ3n) is 3.41. The molecule has 112 valence electrons. The summed E-state index contributed by atoms with van der Waals surface area (Å²) in [6.07, 6.45) is 11.8. The van der Waals surface area contributed by atoms with E-state index in [-0.39, 0.29) is 0 Å². The van der Waals surface area contributed by atoms with Gasteiger partial charge in [0.25, 0.3) is 0 Å². The van der Waals surface area contributed by atoms with Crippen molar-refractivity contribution in [3.05, 3.63) is 72.1 Å². The van der Waals surface area contributed by atoms with Crippen LogP contribution in [0, 0.1) is 0 Å². The van der Waals surface area contributed by atoms with Gasteiger partial charge in [0, 0.05) is 18.0 Å². The fourth-order valence-electron chi connectivity index (χ4n) is 2.31. The van der Waals surface area contributed by atoms with Crippen LogP contribution < -0.4 is 0 Å². The van der Waals surface area contributed by atoms with Gasteiger partial charge in [0.1, 0.15) is 18.2 Å². The fraction of sp³-hybridized carbons (Fsp3) is 0. The number of aromatic nitrogens is 2. The average Bonchev–Trinajstić information content (AvgIpc) is 3.01. The van der Waals surface area contributed by atoms with E-state index >= 15 is 0 Å². The molecule has 0 bridgehead atoms. The summed E-state index contributed by atoms with van der Waals surface area (Å²) >= 11 is 0. The number of imidazole rings is 1. The molecule has 4 heteroatoms. The number of pyridine rings is 1. The van der Waals surface area contributed by atoms with E-state index in [9.17, 15) is 9.59 Å². The van der Waals surface area contributed by atoms with E-state index in [1.807, 2.05) is 53.2 Å². The second-order valence-corrected chi connectivity index (χ2v) is 4.97. The predicted molar refractivity (Wildman–Crippen MR) is 90.8 cm³/mol. The van der Waals surface area contributed by atoms with E-state index in [1.54, 1.807) is 12.2 Å². The molecule has 0 fully saturated rings. The van der Waals surface area contributed by atoms with Gasteiger partial charge in [-0.05, 0) is 35.4 Å². The number of nitrogens with zero attached hydrogens (tertiary/aromatic N) is 2. The topological polar surface area (TPSA) is 51.4 Å². The SMILES string of the molecule is O=C/C=C\c1ccc2nc(-c3ccc(/C=C/C=O)cc3)cn2c1. The van der Waals surface area contributed by atoms with Crippen LogP contribution in [0.1, 0.15) is 11.1 Å². The average molecular weight is 302 g/mol. The number of fused-ring (bicyclic) bond motifs is 1. The smallest absolute Gasteiger partial charge is 0.142 e. The lowest BCUT2D eigenvalue weighted by atomic mass is 10.1. The maximum absolute atomic E-state index is 10.4. The van der Waals surface area contributed by atoms with Crippen molar-refractivity contribution in [1.29, 1.82) is 0 Å². The minimum absolute atomic E-state index is 0.754. The van der Waals surface area contributed by atoms with Crippen LogP contribution in [0.2, 0.25) is 0 Å². The van der Waals surface area contributed by atoms with Crippen molar-refractivity contribution in [2.24, 2.45) is 0 Å². The summed E-state index contributed by atoms with van der Waals surface area (Å²) in [5.41, 5.74) is 4.61. The molecule has 2 aromatic heterocycles. The zero-order valence-electron chi connectivity index (χ0n) is 12.3. The van der Waals surface area contributed by atoms with Crippen molar-refractivity contribution in [1.82, 2.24) is 9.38 Å². The van der Waals surface area contributed by atoms with Crippen molar-refractivity contribution >= 4 is 30.4 Å². The minimum Gasteiger partial charge on any atom is -0.306 e. The van der Waals surface area contributed by atoms with Gasteiger partial charge in [-0.15, -0.1) is 0 Å². The fourth-order valence-corrected chi connectivity index (χ4v) is 2.31. The Bertz CT molecular complexity index is 903. The quantitative estimate of drug-likeness (QED) is 0.536. The van der Waals surface area contributed by atoms with E-state index in [4.69, 9.17) is 0 Å². The number of carbonyl (C=O) groups excluding carboxylic acids is 2. The Labute approximate surface area is 133 Å². The third kappa shape index (κ3) is 3.32. The minimum atomic E-state index is 0.754. The lowest BCUT2D eigenvalue weighted by Gasteiger charge is -1.97. The van der Waals surface area contributed by atoms with Gasteiger partial charge in [-0.3, -0.25) is 9.59 Å². The Kier molecular flexibility index (Phi) is 4.25. The molecule has 1 aromatic carbocycles. The molecule has 2 heterocycles. The van der Waals surface area contributed by atoms with Crippen LogP contribution in [-0.2, 0) is 9.59 Å². The molecule has 0 atom stereocenters. The summed E-state index contributed by atoms with van der Waals surface area (Å²) in [7, 11) is 0. The molecular formula is C19H14N2O2. The van der Waals surface area contributed by atoms with E-state index in [0.717, 1.165) is 40.6 Å². The highest BCUT2D eigenvalue weighted by Gasteiger charge is 2.04. The van der Waals surface area contributed by atoms with Crippen LogP contribution in [0.5, 0.6) is 0 Å². The Balaban J connectivity index is 1.93. The van der Waals surface area contributed by atoms with Crippen LogP contribution in [0.25, 0.3) is 29.1 Å². The Hall–Kier alpha value is -3.27. The van der Waals surface area contributed by atoms with Crippen LogP contribution in [0.15, 0.2) is 60.9 Å². The van der Waals surface area contributed by atoms with Gasteiger partial charge >= 0.3 is 0 Å². The number of rotatable bonds is 5. The first-order valence-electron chi connectivity index (χ1n) is 7.13. The number of hydrogen-bond acceptors (Lipinski definition) is 3. The maximum Gasteiger partial charge on any atom is 0.142 e. The molecule has 23 heavy (non-hydrogen) atoms. The van der Waals surface area contributed by atoms with Crippen molar-refractivity contribution in [2.45, 2.75) is 0 Å². The van der Waals surface area contributed by atoms with E-state index in [2.05, 4.69) is 4.98 Å². The molecule has 4 nitrogen and oxygen atoms in total. The number of hydrogen-bond donors (Lipinski definition) is 0. The lowest BCUT2D eigenvalue weighted by molar-refractivity contribution is -0.104. The maximum atomic E-state index is 10.4. The van der Waals surface area contributed by atoms with E-state index in [0.29, 0.717) is 0 Å². The Morgan fingerprint density at radius 1 is 0.783 bits per heavy atom. The second kappa shape index (κ2) is 6.66. The molecule has 0 saturated carbocycles. The van der Waals surface area contributed by atoms with Gasteiger partial charge in [-0.1, -0.05) is 36.4 Å². The predicted octanol–water partition coefficient (Wildman–Crippen LogP) is 3.43. The number of benzene rings is 1. The van der Waals surface area contributed by atoms with Crippen LogP contribution in [-0.4, -0.2) is 22.0 Å². The van der Waals surface area contributed by atoms with Gasteiger partial charge in [0.2, 0.25) is 0 Å². The molecule has 0 saturated heterocycles. The standard InChI is InChI=1S/C19H14N2O2/c22-11-1-3-15-5-8-17(9-6-15)18-14-21-13-16(4-2-12-23)7-10-19(21)20-18/h1-14H/b3-1+,4-2-. The molecule has 0 spiro atoms. The summed E-state index contributed by atoms with van der Waals surface area (Å²) in [5, 5.41) is 0. The van der Waals surface area contributed by atoms with Gasteiger partial charge in [-0.2, -0.15) is 0 Å². The van der Waals surface area contributed by atoms with Crippen molar-refractivity contribution in [3.63, 3.8) is 0 Å². The molecule has 0 aliphatic rings. The summed E-state index contributed by atoms with van der Waals surface area (Å²) < 4.78 is 1.93. The van der Waals surface area contributed by atoms with E-state index < -0.39 is 0 Å². The molecule has 0 unspecified atom stereocenters. The monoisotopic (exact) mass is 302 g/mol. The highest BCUT2D eigenvalue weighted by molar-refractivity contribution is 5.75. The normalized spacial score (nSPS) is 11.5. The number of aldehydes is 2. The summed E-state index contributed by atoms with van der Waals surface area (Å²) in [6.45, 7) is 0. The largest absolute Gasteiger partial charge is 0.306 e. The lowest BCUT2D eigenvalue weighted by Crippen LogP contribution is -1.83. The van der Waals surface area contributed by atoms with Crippen LogP contribution >= 0.6 is 0 Å². The first-order chi connectivity index (χ1) is 11.3. The van der Waals surface area contributed by atoms with Crippen molar-refractivity contribution in [3.8, 4) is 11.3 Å². The van der Waals surface area contributed by atoms with E-state index in [1.165, 1.54) is 12.2 Å². The summed E-state index contributed by atoms with van der Waals surface area (Å²) in [4.78, 5) is 25.3. The van der Waals surface area contributed by atoms with Gasteiger partial charge in [0.05, 0.1) is 5.69 Å². The first-order valence-corrected chi connectivity index (χ1v) is 7.13. The van der Waals surface area contributed by atoms with Gasteiger partial charge in [-0.25, -0.2) is 4.98 Å². The zero-order valence-corrected chi connectivity index (χ0v) is 12.3. The molecule has 0 aliphatic heterocycles. The Morgan fingerprint density at radius 2 is 1.43 bits per heavy atom. The van der Waals surface area contributed by atoms with Crippen LogP contribution in [0.3, 0.4) is 0 Å². The highest BCUT2D eigenvalue weighted by atomic mass is 16.1. The molecule has 0 amide bonds. The summed E-state index contributed by atoms with van der Waals surface area (Å²) in [6, 6.07) is 11.7. The van der Waals surface area contributed by atoms with Gasteiger partial charge < -0.3 is 4.40 Å². The summed E-state index contributed by atoms with van der Waals surface area (Å²) in [5.74, 6) is 0. The molecule has 3 rings (SSSR count). The molecule has 0 radical (unpaired) electrons. The Morgan fingerprint density at radius 3 is 2.13 bits per heavy atom. The second-order valence-electron chi connectivity index (χ2n) is 4.97. The highest BCUT2D eigenvalue weighted by Crippen LogP contribution is 2.20. The van der Waals surface area contributed by atoms with Crippen molar-refractivity contribution < 1.29 is 9.59 Å². The molecule has 0 aliphatic carbocycles.